The first-order valence-electron chi connectivity index (χ1n) is 6.53. The van der Waals surface area contributed by atoms with E-state index < -0.39 is 6.29 Å². The summed E-state index contributed by atoms with van der Waals surface area (Å²) in [5, 5.41) is 2.77. The van der Waals surface area contributed by atoms with Gasteiger partial charge in [0.1, 0.15) is 5.69 Å². The first kappa shape index (κ1) is 15.6. The van der Waals surface area contributed by atoms with Crippen LogP contribution in [0.15, 0.2) is 12.1 Å². The molecule has 0 saturated heterocycles. The van der Waals surface area contributed by atoms with Crippen LogP contribution in [0.3, 0.4) is 0 Å². The molecule has 0 saturated carbocycles. The van der Waals surface area contributed by atoms with Crippen molar-refractivity contribution in [3.8, 4) is 0 Å². The maximum absolute atomic E-state index is 12.0. The van der Waals surface area contributed by atoms with Gasteiger partial charge in [-0.1, -0.05) is 0 Å². The van der Waals surface area contributed by atoms with Gasteiger partial charge in [0.05, 0.1) is 6.54 Å². The Balaban J connectivity index is 2.58. The maximum Gasteiger partial charge on any atom is 0.270 e. The minimum Gasteiger partial charge on any atom is -0.351 e. The van der Waals surface area contributed by atoms with Crippen molar-refractivity contribution in [2.45, 2.75) is 34.0 Å². The molecule has 5 heteroatoms. The molecule has 0 atom stereocenters. The van der Waals surface area contributed by atoms with Gasteiger partial charge in [-0.15, -0.1) is 0 Å². The van der Waals surface area contributed by atoms with E-state index in [1.807, 2.05) is 33.8 Å². The summed E-state index contributed by atoms with van der Waals surface area (Å²) in [6.45, 7) is 8.99. The van der Waals surface area contributed by atoms with E-state index in [9.17, 15) is 4.79 Å². The van der Waals surface area contributed by atoms with Crippen LogP contribution in [-0.4, -0.2) is 36.9 Å². The van der Waals surface area contributed by atoms with Crippen LogP contribution in [0.25, 0.3) is 0 Å². The Hall–Kier alpha value is -1.46. The van der Waals surface area contributed by atoms with Gasteiger partial charge in [0.2, 0.25) is 0 Å². The van der Waals surface area contributed by atoms with E-state index in [0.717, 1.165) is 11.3 Å². The molecule has 5 nitrogen and oxygen atoms in total. The van der Waals surface area contributed by atoms with E-state index in [0.29, 0.717) is 25.5 Å². The first-order chi connectivity index (χ1) is 9.06. The average molecular weight is 266 g/mol. The highest BCUT2D eigenvalue weighted by Crippen LogP contribution is 2.04. The molecule has 0 spiro atoms. The molecule has 0 aromatic carbocycles. The lowest BCUT2D eigenvalue weighted by Gasteiger charge is -2.17. The van der Waals surface area contributed by atoms with Gasteiger partial charge in [0, 0.05) is 18.9 Å². The van der Waals surface area contributed by atoms with E-state index >= 15 is 0 Å². The molecule has 1 aromatic heterocycles. The summed E-state index contributed by atoms with van der Waals surface area (Å²) >= 11 is 0. The van der Waals surface area contributed by atoms with Crippen molar-refractivity contribution >= 4 is 5.91 Å². The van der Waals surface area contributed by atoms with Crippen LogP contribution in [0, 0.1) is 13.8 Å². The van der Waals surface area contributed by atoms with Gasteiger partial charge in [-0.25, -0.2) is 4.98 Å². The average Bonchev–Trinajstić information content (AvgIpc) is 2.35. The van der Waals surface area contributed by atoms with Crippen LogP contribution >= 0.6 is 0 Å². The van der Waals surface area contributed by atoms with Crippen LogP contribution < -0.4 is 5.32 Å². The highest BCUT2D eigenvalue weighted by Gasteiger charge is 2.12. The van der Waals surface area contributed by atoms with Crippen molar-refractivity contribution in [3.05, 3.63) is 29.1 Å². The third-order valence-electron chi connectivity index (χ3n) is 2.46. The second-order valence-corrected chi connectivity index (χ2v) is 4.22. The number of carbonyl (C=O) groups excluding carboxylic acids is 1. The molecule has 0 aliphatic rings. The van der Waals surface area contributed by atoms with Crippen LogP contribution in [0.5, 0.6) is 0 Å². The summed E-state index contributed by atoms with van der Waals surface area (Å²) in [6.07, 6.45) is -0.412. The minimum atomic E-state index is -0.412. The van der Waals surface area contributed by atoms with Gasteiger partial charge < -0.3 is 14.8 Å². The number of hydrogen-bond acceptors (Lipinski definition) is 4. The second-order valence-electron chi connectivity index (χ2n) is 4.22. The molecule has 1 rings (SSSR count). The van der Waals surface area contributed by atoms with Crippen molar-refractivity contribution in [1.29, 1.82) is 0 Å². The van der Waals surface area contributed by atoms with Crippen LogP contribution in [0.1, 0.15) is 35.6 Å². The zero-order valence-electron chi connectivity index (χ0n) is 12.0. The van der Waals surface area contributed by atoms with Crippen molar-refractivity contribution in [2.24, 2.45) is 0 Å². The number of nitrogens with zero attached hydrogens (tertiary/aromatic N) is 1. The Labute approximate surface area is 114 Å². The van der Waals surface area contributed by atoms with E-state index in [-0.39, 0.29) is 5.91 Å². The van der Waals surface area contributed by atoms with Crippen molar-refractivity contribution < 1.29 is 14.3 Å². The predicted molar refractivity (Wildman–Crippen MR) is 73.1 cm³/mol. The third-order valence-corrected chi connectivity index (χ3v) is 2.46. The smallest absolute Gasteiger partial charge is 0.270 e. The van der Waals surface area contributed by atoms with E-state index in [1.54, 1.807) is 6.07 Å². The van der Waals surface area contributed by atoms with E-state index in [1.165, 1.54) is 0 Å². The lowest BCUT2D eigenvalue weighted by molar-refractivity contribution is -0.131. The summed E-state index contributed by atoms with van der Waals surface area (Å²) in [5.41, 5.74) is 2.27. The molecule has 1 N–H and O–H groups in total. The Kier molecular flexibility index (Phi) is 6.45. The molecular formula is C14H22N2O3. The third kappa shape index (κ3) is 5.36. The molecule has 0 aliphatic carbocycles. The summed E-state index contributed by atoms with van der Waals surface area (Å²) in [7, 11) is 0. The quantitative estimate of drug-likeness (QED) is 0.765. The summed E-state index contributed by atoms with van der Waals surface area (Å²) in [4.78, 5) is 16.2. The number of pyridine rings is 1. The van der Waals surface area contributed by atoms with Gasteiger partial charge in [-0.3, -0.25) is 4.79 Å². The largest absolute Gasteiger partial charge is 0.351 e. The Morgan fingerprint density at radius 1 is 1.26 bits per heavy atom. The number of nitrogens with one attached hydrogen (secondary N) is 1. The molecule has 19 heavy (non-hydrogen) atoms. The standard InChI is InChI=1S/C14H22N2O3/c1-5-18-13(19-6-2)9-15-14(17)12-8-10(3)7-11(4)16-12/h7-8,13H,5-6,9H2,1-4H3,(H,15,17). The molecule has 0 radical (unpaired) electrons. The fourth-order valence-corrected chi connectivity index (χ4v) is 1.76. The molecular weight excluding hydrogens is 244 g/mol. The lowest BCUT2D eigenvalue weighted by atomic mass is 10.2. The maximum atomic E-state index is 12.0. The number of aryl methyl sites for hydroxylation is 2. The molecule has 0 unspecified atom stereocenters. The van der Waals surface area contributed by atoms with E-state index in [4.69, 9.17) is 9.47 Å². The first-order valence-corrected chi connectivity index (χ1v) is 6.53. The van der Waals surface area contributed by atoms with Crippen LogP contribution in [-0.2, 0) is 9.47 Å². The highest BCUT2D eigenvalue weighted by molar-refractivity contribution is 5.92. The zero-order chi connectivity index (χ0) is 14.3. The SMILES string of the molecule is CCOC(CNC(=O)c1cc(C)cc(C)n1)OCC. The lowest BCUT2D eigenvalue weighted by Crippen LogP contribution is -2.35. The van der Waals surface area contributed by atoms with Gasteiger partial charge in [0.25, 0.3) is 5.91 Å². The highest BCUT2D eigenvalue weighted by atomic mass is 16.7. The molecule has 106 valence electrons. The number of ether oxygens (including phenoxy) is 2. The summed E-state index contributed by atoms with van der Waals surface area (Å²) in [5.74, 6) is -0.212. The topological polar surface area (TPSA) is 60.5 Å². The number of amides is 1. The van der Waals surface area contributed by atoms with Crippen LogP contribution in [0.4, 0.5) is 0 Å². The molecule has 0 aliphatic heterocycles. The van der Waals surface area contributed by atoms with Gasteiger partial charge in [-0.05, 0) is 45.4 Å². The number of hydrogen-bond donors (Lipinski definition) is 1. The van der Waals surface area contributed by atoms with Crippen molar-refractivity contribution in [2.75, 3.05) is 19.8 Å². The van der Waals surface area contributed by atoms with Crippen LogP contribution in [0.2, 0.25) is 0 Å². The predicted octanol–water partition coefficient (Wildman–Crippen LogP) is 1.83. The molecule has 0 bridgehead atoms. The normalized spacial score (nSPS) is 10.8. The van der Waals surface area contributed by atoms with E-state index in [2.05, 4.69) is 10.3 Å². The molecule has 1 amide bonds. The number of carbonyl (C=O) groups is 1. The second kappa shape index (κ2) is 7.86. The Morgan fingerprint density at radius 2 is 1.89 bits per heavy atom. The van der Waals surface area contributed by atoms with Gasteiger partial charge in [0.15, 0.2) is 6.29 Å². The fourth-order valence-electron chi connectivity index (χ4n) is 1.76. The van der Waals surface area contributed by atoms with Crippen molar-refractivity contribution in [1.82, 2.24) is 10.3 Å². The number of rotatable bonds is 7. The fraction of sp³-hybridized carbons (Fsp3) is 0.571. The molecule has 0 fully saturated rings. The monoisotopic (exact) mass is 266 g/mol. The Morgan fingerprint density at radius 3 is 2.42 bits per heavy atom. The Bertz CT molecular complexity index is 395. The molecule has 1 aromatic rings. The summed E-state index contributed by atoms with van der Waals surface area (Å²) in [6, 6.07) is 3.69. The molecule has 1 heterocycles. The van der Waals surface area contributed by atoms with Gasteiger partial charge >= 0.3 is 0 Å². The minimum absolute atomic E-state index is 0.212. The zero-order valence-corrected chi connectivity index (χ0v) is 12.0. The number of aromatic nitrogens is 1. The van der Waals surface area contributed by atoms with Gasteiger partial charge in [-0.2, -0.15) is 0 Å². The van der Waals surface area contributed by atoms with Crippen molar-refractivity contribution in [3.63, 3.8) is 0 Å². The summed E-state index contributed by atoms with van der Waals surface area (Å²) < 4.78 is 10.7.